The molecule has 0 aliphatic carbocycles. The SMILES string of the molecule is CN=C/C(=C\N)c1cnc2ccc(Sc3nnc4sc(C)nn34)cc2c1. The Morgan fingerprint density at radius 1 is 1.31 bits per heavy atom. The van der Waals surface area contributed by atoms with Crippen LogP contribution in [-0.2, 0) is 0 Å². The fourth-order valence-electron chi connectivity index (χ4n) is 2.55. The molecule has 4 rings (SSSR count). The Hall–Kier alpha value is -2.78. The number of hydrogen-bond acceptors (Lipinski definition) is 8. The molecule has 0 saturated heterocycles. The molecule has 0 radical (unpaired) electrons. The monoisotopic (exact) mass is 381 g/mol. The predicted molar refractivity (Wildman–Crippen MR) is 106 cm³/mol. The van der Waals surface area contributed by atoms with E-state index in [1.807, 2.05) is 19.1 Å². The van der Waals surface area contributed by atoms with Gasteiger partial charge in [0.2, 0.25) is 10.1 Å². The van der Waals surface area contributed by atoms with E-state index >= 15 is 0 Å². The first-order valence-electron chi connectivity index (χ1n) is 7.79. The molecular weight excluding hydrogens is 366 g/mol. The van der Waals surface area contributed by atoms with Crippen LogP contribution < -0.4 is 5.73 Å². The fourth-order valence-corrected chi connectivity index (χ4v) is 4.12. The molecule has 3 heterocycles. The van der Waals surface area contributed by atoms with E-state index in [1.165, 1.54) is 29.3 Å². The van der Waals surface area contributed by atoms with Gasteiger partial charge in [-0.15, -0.1) is 10.2 Å². The molecule has 130 valence electrons. The lowest BCUT2D eigenvalue weighted by atomic mass is 10.1. The summed E-state index contributed by atoms with van der Waals surface area (Å²) < 4.78 is 1.77. The van der Waals surface area contributed by atoms with Gasteiger partial charge in [-0.05, 0) is 43.0 Å². The Kier molecular flexibility index (Phi) is 4.39. The molecular formula is C17H15N7S2. The molecule has 0 bridgehead atoms. The molecule has 3 aromatic heterocycles. The first-order valence-corrected chi connectivity index (χ1v) is 9.42. The van der Waals surface area contributed by atoms with Crippen molar-refractivity contribution in [3.63, 3.8) is 0 Å². The molecule has 0 spiro atoms. The van der Waals surface area contributed by atoms with Crippen molar-refractivity contribution in [1.82, 2.24) is 24.8 Å². The maximum Gasteiger partial charge on any atom is 0.235 e. The Bertz CT molecular complexity index is 1160. The highest BCUT2D eigenvalue weighted by molar-refractivity contribution is 7.99. The van der Waals surface area contributed by atoms with Gasteiger partial charge in [-0.3, -0.25) is 9.98 Å². The molecule has 0 saturated carbocycles. The second-order valence-corrected chi connectivity index (χ2v) is 7.69. The second-order valence-electron chi connectivity index (χ2n) is 5.49. The van der Waals surface area contributed by atoms with Crippen LogP contribution in [0.15, 0.2) is 51.7 Å². The zero-order valence-electron chi connectivity index (χ0n) is 14.1. The molecule has 0 aliphatic heterocycles. The van der Waals surface area contributed by atoms with Gasteiger partial charge in [-0.2, -0.15) is 9.61 Å². The summed E-state index contributed by atoms with van der Waals surface area (Å²) in [7, 11) is 1.71. The highest BCUT2D eigenvalue weighted by atomic mass is 32.2. The number of aliphatic imine (C=N–C) groups is 1. The van der Waals surface area contributed by atoms with E-state index in [-0.39, 0.29) is 0 Å². The second kappa shape index (κ2) is 6.85. The summed E-state index contributed by atoms with van der Waals surface area (Å²) in [5, 5.41) is 15.6. The number of hydrogen-bond donors (Lipinski definition) is 1. The largest absolute Gasteiger partial charge is 0.404 e. The van der Waals surface area contributed by atoms with Crippen LogP contribution in [-0.4, -0.2) is 38.1 Å². The van der Waals surface area contributed by atoms with E-state index < -0.39 is 0 Å². The van der Waals surface area contributed by atoms with Crippen molar-refractivity contribution in [3.05, 3.63) is 47.2 Å². The van der Waals surface area contributed by atoms with E-state index in [9.17, 15) is 0 Å². The number of fused-ring (bicyclic) bond motifs is 2. The van der Waals surface area contributed by atoms with Gasteiger partial charge in [0.15, 0.2) is 0 Å². The van der Waals surface area contributed by atoms with Crippen LogP contribution in [0.5, 0.6) is 0 Å². The Morgan fingerprint density at radius 3 is 3.00 bits per heavy atom. The maximum atomic E-state index is 5.70. The van der Waals surface area contributed by atoms with E-state index in [0.717, 1.165) is 42.1 Å². The summed E-state index contributed by atoms with van der Waals surface area (Å²) in [6.45, 7) is 1.96. The normalized spacial score (nSPS) is 12.6. The minimum atomic E-state index is 0.744. The van der Waals surface area contributed by atoms with Crippen molar-refractivity contribution < 1.29 is 0 Å². The lowest BCUT2D eigenvalue weighted by molar-refractivity contribution is 0.811. The smallest absolute Gasteiger partial charge is 0.235 e. The Labute approximate surface area is 157 Å². The van der Waals surface area contributed by atoms with Crippen LogP contribution in [0.1, 0.15) is 10.6 Å². The van der Waals surface area contributed by atoms with Crippen LogP contribution in [0.4, 0.5) is 0 Å². The quantitative estimate of drug-likeness (QED) is 0.546. The lowest BCUT2D eigenvalue weighted by Crippen LogP contribution is -1.93. The molecule has 0 aliphatic rings. The standard InChI is InChI=1S/C17H15N7S2/c1-10-23-24-16(25-10)21-22-17(24)26-14-3-4-15-11(6-14)5-12(9-20-15)13(7-18)8-19-2/h3-9H,18H2,1-2H3/b13-7+,19-8?. The highest BCUT2D eigenvalue weighted by Crippen LogP contribution is 2.30. The van der Waals surface area contributed by atoms with Gasteiger partial charge in [0.05, 0.1) is 5.52 Å². The van der Waals surface area contributed by atoms with Gasteiger partial charge in [0.1, 0.15) is 5.01 Å². The third-order valence-corrected chi connectivity index (χ3v) is 5.45. The van der Waals surface area contributed by atoms with Crippen LogP contribution >= 0.6 is 23.1 Å². The molecule has 9 heteroatoms. The van der Waals surface area contributed by atoms with E-state index in [0.29, 0.717) is 0 Å². The number of nitrogens with two attached hydrogens (primary N) is 1. The summed E-state index contributed by atoms with van der Waals surface area (Å²) >= 11 is 3.05. The third-order valence-electron chi connectivity index (χ3n) is 3.71. The van der Waals surface area contributed by atoms with Gasteiger partial charge >= 0.3 is 0 Å². The van der Waals surface area contributed by atoms with Crippen LogP contribution in [0.2, 0.25) is 0 Å². The van der Waals surface area contributed by atoms with Gasteiger partial charge < -0.3 is 5.73 Å². The Morgan fingerprint density at radius 2 is 2.19 bits per heavy atom. The molecule has 0 amide bonds. The van der Waals surface area contributed by atoms with Crippen molar-refractivity contribution in [2.45, 2.75) is 17.0 Å². The van der Waals surface area contributed by atoms with Gasteiger partial charge in [0, 0.05) is 47.1 Å². The molecule has 2 N–H and O–H groups in total. The average Bonchev–Trinajstić information content (AvgIpc) is 3.19. The van der Waals surface area contributed by atoms with Gasteiger partial charge in [0.25, 0.3) is 0 Å². The molecule has 7 nitrogen and oxygen atoms in total. The number of aromatic nitrogens is 5. The average molecular weight is 381 g/mol. The van der Waals surface area contributed by atoms with Crippen molar-refractivity contribution >= 4 is 50.8 Å². The molecule has 4 aromatic rings. The molecule has 26 heavy (non-hydrogen) atoms. The molecule has 0 unspecified atom stereocenters. The molecule has 1 aromatic carbocycles. The summed E-state index contributed by atoms with van der Waals surface area (Å²) in [6, 6.07) is 8.14. The van der Waals surface area contributed by atoms with E-state index in [2.05, 4.69) is 37.4 Å². The maximum absolute atomic E-state index is 5.70. The van der Waals surface area contributed by atoms with Crippen molar-refractivity contribution in [2.75, 3.05) is 7.05 Å². The minimum Gasteiger partial charge on any atom is -0.404 e. The van der Waals surface area contributed by atoms with Gasteiger partial charge in [-0.25, -0.2) is 0 Å². The highest BCUT2D eigenvalue weighted by Gasteiger charge is 2.12. The van der Waals surface area contributed by atoms with Crippen molar-refractivity contribution in [1.29, 1.82) is 0 Å². The number of rotatable bonds is 4. The lowest BCUT2D eigenvalue weighted by Gasteiger charge is -2.05. The number of aryl methyl sites for hydroxylation is 1. The first kappa shape index (κ1) is 16.7. The van der Waals surface area contributed by atoms with E-state index in [4.69, 9.17) is 5.73 Å². The summed E-state index contributed by atoms with van der Waals surface area (Å²) in [5.74, 6) is 0. The molecule has 0 atom stereocenters. The topological polar surface area (TPSA) is 94.3 Å². The molecule has 0 fully saturated rings. The number of pyridine rings is 1. The zero-order chi connectivity index (χ0) is 18.1. The predicted octanol–water partition coefficient (Wildman–Crippen LogP) is 3.19. The van der Waals surface area contributed by atoms with Gasteiger partial charge in [-0.1, -0.05) is 11.3 Å². The van der Waals surface area contributed by atoms with Crippen LogP contribution in [0.3, 0.4) is 0 Å². The minimum absolute atomic E-state index is 0.744. The number of allylic oxidation sites excluding steroid dienone is 1. The van der Waals surface area contributed by atoms with Crippen molar-refractivity contribution in [2.24, 2.45) is 10.7 Å². The van der Waals surface area contributed by atoms with Crippen molar-refractivity contribution in [3.8, 4) is 0 Å². The number of nitrogens with zero attached hydrogens (tertiary/aromatic N) is 6. The Balaban J connectivity index is 1.72. The van der Waals surface area contributed by atoms with Crippen LogP contribution in [0.25, 0.3) is 21.4 Å². The summed E-state index contributed by atoms with van der Waals surface area (Å²) in [6.07, 6.45) is 5.06. The fraction of sp³-hybridized carbons (Fsp3) is 0.118. The zero-order valence-corrected chi connectivity index (χ0v) is 15.8. The number of benzene rings is 1. The summed E-state index contributed by atoms with van der Waals surface area (Å²) in [4.78, 5) is 10.4. The first-order chi connectivity index (χ1) is 12.7. The summed E-state index contributed by atoms with van der Waals surface area (Å²) in [5.41, 5.74) is 8.37. The van der Waals surface area contributed by atoms with Crippen LogP contribution in [0, 0.1) is 6.92 Å². The van der Waals surface area contributed by atoms with E-state index in [1.54, 1.807) is 24.0 Å². The third kappa shape index (κ3) is 3.06.